The van der Waals surface area contributed by atoms with E-state index in [1.54, 1.807) is 24.3 Å². The maximum Gasteiger partial charge on any atom is 0.182 e. The molecule has 1 aromatic carbocycles. The number of aromatic nitrogens is 4. The van der Waals surface area contributed by atoms with Crippen molar-refractivity contribution in [3.8, 4) is 11.4 Å². The first-order chi connectivity index (χ1) is 7.66. The molecule has 0 atom stereocenters. The van der Waals surface area contributed by atoms with Crippen molar-refractivity contribution < 1.29 is 9.90 Å². The summed E-state index contributed by atoms with van der Waals surface area (Å²) in [5.74, 6) is -0.886. The number of carbonyl (C=O) groups excluding carboxylic acids is 1. The lowest BCUT2D eigenvalue weighted by atomic mass is 10.2. The van der Waals surface area contributed by atoms with Crippen LogP contribution in [0.15, 0.2) is 24.3 Å². The number of hydrogen-bond acceptors (Lipinski definition) is 5. The Labute approximate surface area is 95.5 Å². The van der Waals surface area contributed by atoms with Crippen molar-refractivity contribution in [1.82, 2.24) is 20.2 Å². The van der Waals surface area contributed by atoms with Crippen LogP contribution in [0.25, 0.3) is 11.4 Å². The third-order valence-corrected chi connectivity index (χ3v) is 2.17. The van der Waals surface area contributed by atoms with Gasteiger partial charge in [0.15, 0.2) is 5.82 Å². The molecule has 0 saturated heterocycles. The normalized spacial score (nSPS) is 10.3. The molecule has 2 rings (SSSR count). The molecule has 1 aromatic heterocycles. The molecule has 0 unspecified atom stereocenters. The average molecular weight is 238 g/mol. The molecule has 16 heavy (non-hydrogen) atoms. The molecule has 0 bridgehead atoms. The van der Waals surface area contributed by atoms with Crippen molar-refractivity contribution in [1.29, 1.82) is 0 Å². The Morgan fingerprint density at radius 3 is 2.69 bits per heavy atom. The van der Waals surface area contributed by atoms with Gasteiger partial charge in [0, 0.05) is 10.6 Å². The van der Waals surface area contributed by atoms with Crippen LogP contribution in [0.4, 0.5) is 0 Å². The van der Waals surface area contributed by atoms with E-state index >= 15 is 0 Å². The first kappa shape index (κ1) is 10.6. The SMILES string of the molecule is O=C([O-])Cn1nnnc1-c1ccc(Cl)cc1. The summed E-state index contributed by atoms with van der Waals surface area (Å²) in [4.78, 5) is 10.5. The summed E-state index contributed by atoms with van der Waals surface area (Å²) in [6, 6.07) is 6.77. The third-order valence-electron chi connectivity index (χ3n) is 1.91. The average Bonchev–Trinajstić information content (AvgIpc) is 2.66. The molecule has 0 aliphatic heterocycles. The molecule has 2 aromatic rings. The largest absolute Gasteiger partial charge is 0.548 e. The van der Waals surface area contributed by atoms with Gasteiger partial charge in [-0.3, -0.25) is 0 Å². The summed E-state index contributed by atoms with van der Waals surface area (Å²) in [7, 11) is 0. The third kappa shape index (κ3) is 2.17. The fourth-order valence-corrected chi connectivity index (χ4v) is 1.37. The standard InChI is InChI=1S/C9H7ClN4O2/c10-7-3-1-6(2-4-7)9-11-12-13-14(9)5-8(15)16/h1-4H,5H2,(H,15,16)/p-1. The summed E-state index contributed by atoms with van der Waals surface area (Å²) >= 11 is 5.73. The van der Waals surface area contributed by atoms with Gasteiger partial charge in [-0.05, 0) is 34.7 Å². The smallest absolute Gasteiger partial charge is 0.182 e. The zero-order chi connectivity index (χ0) is 11.5. The van der Waals surface area contributed by atoms with Crippen LogP contribution < -0.4 is 5.11 Å². The highest BCUT2D eigenvalue weighted by molar-refractivity contribution is 6.30. The molecule has 0 aliphatic carbocycles. The van der Waals surface area contributed by atoms with Gasteiger partial charge in [0.1, 0.15) is 0 Å². The Kier molecular flexibility index (Phi) is 2.82. The van der Waals surface area contributed by atoms with Crippen LogP contribution in [0.3, 0.4) is 0 Å². The van der Waals surface area contributed by atoms with Crippen molar-refractivity contribution in [2.24, 2.45) is 0 Å². The number of hydrogen-bond donors (Lipinski definition) is 0. The van der Waals surface area contributed by atoms with Crippen molar-refractivity contribution in [3.05, 3.63) is 29.3 Å². The number of aliphatic carboxylic acids is 1. The Bertz CT molecular complexity index is 508. The van der Waals surface area contributed by atoms with Crippen LogP contribution in [0.5, 0.6) is 0 Å². The van der Waals surface area contributed by atoms with E-state index in [0.717, 1.165) is 4.68 Å². The minimum absolute atomic E-state index is 0.362. The Morgan fingerprint density at radius 1 is 1.38 bits per heavy atom. The number of benzene rings is 1. The van der Waals surface area contributed by atoms with Crippen LogP contribution in [0.2, 0.25) is 5.02 Å². The minimum atomic E-state index is -1.25. The second-order valence-electron chi connectivity index (χ2n) is 3.04. The van der Waals surface area contributed by atoms with Crippen molar-refractivity contribution in [3.63, 3.8) is 0 Å². The van der Waals surface area contributed by atoms with Gasteiger partial charge in [-0.15, -0.1) is 5.10 Å². The Balaban J connectivity index is 2.36. The monoisotopic (exact) mass is 237 g/mol. The number of tetrazole rings is 1. The van der Waals surface area contributed by atoms with E-state index in [1.165, 1.54) is 0 Å². The molecule has 6 nitrogen and oxygen atoms in total. The predicted molar refractivity (Wildman–Crippen MR) is 53.3 cm³/mol. The van der Waals surface area contributed by atoms with E-state index in [4.69, 9.17) is 11.6 Å². The van der Waals surface area contributed by atoms with Crippen molar-refractivity contribution >= 4 is 17.6 Å². The Hall–Kier alpha value is -1.95. The molecular weight excluding hydrogens is 232 g/mol. The lowest BCUT2D eigenvalue weighted by Crippen LogP contribution is -2.28. The number of rotatable bonds is 3. The second kappa shape index (κ2) is 4.28. The van der Waals surface area contributed by atoms with Crippen LogP contribution in [-0.2, 0) is 11.3 Å². The predicted octanol–water partition coefficient (Wildman–Crippen LogP) is -0.257. The van der Waals surface area contributed by atoms with Gasteiger partial charge in [-0.25, -0.2) is 4.68 Å². The molecule has 82 valence electrons. The fourth-order valence-electron chi connectivity index (χ4n) is 1.24. The van der Waals surface area contributed by atoms with Crippen LogP contribution in [0, 0.1) is 0 Å². The quantitative estimate of drug-likeness (QED) is 0.735. The van der Waals surface area contributed by atoms with Crippen LogP contribution in [0.1, 0.15) is 0 Å². The molecule has 0 radical (unpaired) electrons. The molecule has 0 spiro atoms. The van der Waals surface area contributed by atoms with E-state index in [1.807, 2.05) is 0 Å². The molecule has 0 amide bonds. The molecule has 7 heteroatoms. The zero-order valence-electron chi connectivity index (χ0n) is 8.00. The second-order valence-corrected chi connectivity index (χ2v) is 3.48. The lowest BCUT2D eigenvalue weighted by Gasteiger charge is -2.04. The summed E-state index contributed by atoms with van der Waals surface area (Å²) in [5.41, 5.74) is 0.690. The summed E-state index contributed by atoms with van der Waals surface area (Å²) in [6.45, 7) is -0.384. The van der Waals surface area contributed by atoms with Gasteiger partial charge < -0.3 is 9.90 Å². The molecule has 0 fully saturated rings. The molecule has 1 heterocycles. The van der Waals surface area contributed by atoms with Gasteiger partial charge in [-0.2, -0.15) is 0 Å². The highest BCUT2D eigenvalue weighted by Crippen LogP contribution is 2.18. The van der Waals surface area contributed by atoms with E-state index in [2.05, 4.69) is 15.5 Å². The van der Waals surface area contributed by atoms with Gasteiger partial charge in [0.05, 0.1) is 12.5 Å². The van der Waals surface area contributed by atoms with Gasteiger partial charge >= 0.3 is 0 Å². The number of nitrogens with zero attached hydrogens (tertiary/aromatic N) is 4. The van der Waals surface area contributed by atoms with Crippen molar-refractivity contribution in [2.45, 2.75) is 6.54 Å². The molecular formula is C9H6ClN4O2-. The van der Waals surface area contributed by atoms with Gasteiger partial charge in [0.2, 0.25) is 0 Å². The topological polar surface area (TPSA) is 83.7 Å². The molecule has 0 aliphatic rings. The highest BCUT2D eigenvalue weighted by Gasteiger charge is 2.08. The molecule has 0 saturated carbocycles. The fraction of sp³-hybridized carbons (Fsp3) is 0.111. The summed E-state index contributed by atoms with van der Waals surface area (Å²) in [6.07, 6.45) is 0. The maximum atomic E-state index is 10.5. The number of carboxylic acids is 1. The summed E-state index contributed by atoms with van der Waals surface area (Å²) in [5, 5.41) is 21.7. The first-order valence-electron chi connectivity index (χ1n) is 4.39. The van der Waals surface area contributed by atoms with Crippen LogP contribution in [-0.4, -0.2) is 26.2 Å². The number of carbonyl (C=O) groups is 1. The van der Waals surface area contributed by atoms with Gasteiger partial charge in [-0.1, -0.05) is 11.6 Å². The van der Waals surface area contributed by atoms with E-state index < -0.39 is 5.97 Å². The first-order valence-corrected chi connectivity index (χ1v) is 4.76. The van der Waals surface area contributed by atoms with E-state index in [0.29, 0.717) is 16.4 Å². The van der Waals surface area contributed by atoms with E-state index in [9.17, 15) is 9.90 Å². The van der Waals surface area contributed by atoms with E-state index in [-0.39, 0.29) is 6.54 Å². The highest BCUT2D eigenvalue weighted by atomic mass is 35.5. The molecule has 0 N–H and O–H groups in total. The Morgan fingerprint density at radius 2 is 2.06 bits per heavy atom. The van der Waals surface area contributed by atoms with Gasteiger partial charge in [0.25, 0.3) is 0 Å². The summed E-state index contributed by atoms with van der Waals surface area (Å²) < 4.78 is 1.15. The van der Waals surface area contributed by atoms with Crippen molar-refractivity contribution in [2.75, 3.05) is 0 Å². The lowest BCUT2D eigenvalue weighted by molar-refractivity contribution is -0.306. The number of carboxylic acid groups (broad SMARTS) is 1. The number of halogens is 1. The van der Waals surface area contributed by atoms with Crippen LogP contribution >= 0.6 is 11.6 Å². The maximum absolute atomic E-state index is 10.5. The minimum Gasteiger partial charge on any atom is -0.548 e. The zero-order valence-corrected chi connectivity index (χ0v) is 8.76.